The second kappa shape index (κ2) is 19.7. The molecule has 2 rings (SSSR count). The van der Waals surface area contributed by atoms with E-state index in [1.165, 1.54) is 16.7 Å². The number of benzene rings is 2. The molecule has 1 N–H and O–H groups in total. The first-order valence-corrected chi connectivity index (χ1v) is 17.2. The van der Waals surface area contributed by atoms with E-state index in [9.17, 15) is 9.36 Å². The molecular formula is C34H48NO5PS. The topological polar surface area (TPSA) is 73.9 Å². The van der Waals surface area contributed by atoms with Crippen LogP contribution in [0.4, 0.5) is 5.69 Å². The number of thioether (sulfide) groups is 1. The summed E-state index contributed by atoms with van der Waals surface area (Å²) in [5, 5.41) is 3.00. The Morgan fingerprint density at radius 3 is 2.10 bits per heavy atom. The van der Waals surface area contributed by atoms with Crippen LogP contribution in [0.3, 0.4) is 0 Å². The van der Waals surface area contributed by atoms with Crippen molar-refractivity contribution in [3.8, 4) is 0 Å². The Morgan fingerprint density at radius 1 is 0.833 bits per heavy atom. The number of hydrogen-bond donors (Lipinski definition) is 1. The summed E-state index contributed by atoms with van der Waals surface area (Å²) in [4.78, 5) is 14.1. The Morgan fingerprint density at radius 2 is 1.45 bits per heavy atom. The number of nitrogens with one attached hydrogen (secondary N) is 1. The molecule has 2 aromatic carbocycles. The number of phosphoric ester groups is 1. The van der Waals surface area contributed by atoms with E-state index in [0.717, 1.165) is 41.9 Å². The molecule has 0 saturated carbocycles. The SMILES string of the molecule is CCOP(=O)(OCC)OCCc1ccc(NC(=O)c2ccccc2SCC=C(C)CCC=C(C)CCC=C(C)C)cc1. The number of carbonyl (C=O) groups excluding carboxylic acids is 1. The lowest BCUT2D eigenvalue weighted by atomic mass is 10.1. The molecule has 0 aliphatic heterocycles. The van der Waals surface area contributed by atoms with Gasteiger partial charge in [-0.05, 0) is 103 Å². The molecule has 230 valence electrons. The van der Waals surface area contributed by atoms with Gasteiger partial charge in [-0.15, -0.1) is 11.8 Å². The summed E-state index contributed by atoms with van der Waals surface area (Å²) >= 11 is 1.67. The number of phosphoric acid groups is 1. The lowest BCUT2D eigenvalue weighted by Crippen LogP contribution is -2.13. The summed E-state index contributed by atoms with van der Waals surface area (Å²) < 4.78 is 28.1. The van der Waals surface area contributed by atoms with E-state index in [-0.39, 0.29) is 25.7 Å². The predicted molar refractivity (Wildman–Crippen MR) is 177 cm³/mol. The summed E-state index contributed by atoms with van der Waals surface area (Å²) in [6.07, 6.45) is 11.8. The molecular weight excluding hydrogens is 565 g/mol. The first kappa shape index (κ1) is 35.8. The molecule has 0 saturated heterocycles. The predicted octanol–water partition coefficient (Wildman–Crippen LogP) is 10.2. The van der Waals surface area contributed by atoms with Crippen LogP contribution in [0, 0.1) is 0 Å². The van der Waals surface area contributed by atoms with E-state index in [2.05, 4.69) is 51.2 Å². The van der Waals surface area contributed by atoms with Crippen molar-refractivity contribution in [3.63, 3.8) is 0 Å². The fourth-order valence-corrected chi connectivity index (χ4v) is 6.26. The first-order valence-electron chi connectivity index (χ1n) is 14.8. The fraction of sp³-hybridized carbons (Fsp3) is 0.441. The van der Waals surface area contributed by atoms with Crippen molar-refractivity contribution in [2.45, 2.75) is 78.5 Å². The number of allylic oxidation sites excluding steroid dienone is 5. The third kappa shape index (κ3) is 14.2. The minimum Gasteiger partial charge on any atom is -0.322 e. The van der Waals surface area contributed by atoms with Gasteiger partial charge in [0.25, 0.3) is 5.91 Å². The number of hydrogen-bond acceptors (Lipinski definition) is 6. The highest BCUT2D eigenvalue weighted by Gasteiger charge is 2.24. The Bertz CT molecular complexity index is 1240. The lowest BCUT2D eigenvalue weighted by molar-refractivity contribution is 0.102. The molecule has 0 heterocycles. The van der Waals surface area contributed by atoms with E-state index >= 15 is 0 Å². The molecule has 0 atom stereocenters. The van der Waals surface area contributed by atoms with Gasteiger partial charge in [0.2, 0.25) is 0 Å². The van der Waals surface area contributed by atoms with Gasteiger partial charge in [0.15, 0.2) is 0 Å². The molecule has 0 spiro atoms. The second-order valence-electron chi connectivity index (χ2n) is 10.3. The van der Waals surface area contributed by atoms with Crippen LogP contribution in [-0.2, 0) is 24.6 Å². The minimum absolute atomic E-state index is 0.141. The smallest absolute Gasteiger partial charge is 0.322 e. The number of rotatable bonds is 19. The van der Waals surface area contributed by atoms with Gasteiger partial charge < -0.3 is 5.32 Å². The summed E-state index contributed by atoms with van der Waals surface area (Å²) in [5.74, 6) is 0.674. The molecule has 0 aliphatic rings. The van der Waals surface area contributed by atoms with Gasteiger partial charge in [0, 0.05) is 16.3 Å². The van der Waals surface area contributed by atoms with Crippen LogP contribution in [0.25, 0.3) is 0 Å². The van der Waals surface area contributed by atoms with Crippen molar-refractivity contribution in [1.82, 2.24) is 0 Å². The van der Waals surface area contributed by atoms with Gasteiger partial charge >= 0.3 is 7.82 Å². The van der Waals surface area contributed by atoms with E-state index in [1.807, 2.05) is 48.5 Å². The zero-order valence-electron chi connectivity index (χ0n) is 26.1. The maximum Gasteiger partial charge on any atom is 0.474 e. The van der Waals surface area contributed by atoms with Gasteiger partial charge in [-0.2, -0.15) is 0 Å². The summed E-state index contributed by atoms with van der Waals surface area (Å²) in [7, 11) is -3.52. The normalized spacial score (nSPS) is 12.3. The van der Waals surface area contributed by atoms with Crippen LogP contribution in [0.15, 0.2) is 88.4 Å². The molecule has 6 nitrogen and oxygen atoms in total. The highest BCUT2D eigenvalue weighted by molar-refractivity contribution is 7.99. The number of amides is 1. The average molecular weight is 614 g/mol. The summed E-state index contributed by atoms with van der Waals surface area (Å²) in [6.45, 7) is 12.9. The molecule has 0 bridgehead atoms. The van der Waals surface area contributed by atoms with Gasteiger partial charge in [-0.25, -0.2) is 4.57 Å². The average Bonchev–Trinajstić information content (AvgIpc) is 2.94. The zero-order valence-corrected chi connectivity index (χ0v) is 27.8. The molecule has 1 amide bonds. The maximum atomic E-state index is 13.1. The Labute approximate surface area is 257 Å². The van der Waals surface area contributed by atoms with Gasteiger partial charge in [-0.3, -0.25) is 18.4 Å². The standard InChI is InChI=1S/C34H48NO5PS/c1-7-38-41(37,39-8-2)40-25-23-30-19-21-31(22-20-30)35-34(36)32-17-9-10-18-33(32)42-26-24-29(6)16-12-15-28(5)14-11-13-27(3)4/h9-10,13,15,17-22,24H,7-8,11-12,14,16,23,25-26H2,1-6H3,(H,35,36). The van der Waals surface area contributed by atoms with E-state index in [0.29, 0.717) is 17.7 Å². The summed E-state index contributed by atoms with van der Waals surface area (Å²) in [6, 6.07) is 15.3. The van der Waals surface area contributed by atoms with Crippen molar-refractivity contribution in [1.29, 1.82) is 0 Å². The van der Waals surface area contributed by atoms with Crippen molar-refractivity contribution < 1.29 is 22.9 Å². The van der Waals surface area contributed by atoms with Gasteiger partial charge in [0.1, 0.15) is 0 Å². The Hall–Kier alpha value is -2.41. The Kier molecular flexibility index (Phi) is 16.8. The quantitative estimate of drug-likeness (QED) is 0.0965. The largest absolute Gasteiger partial charge is 0.474 e. The van der Waals surface area contributed by atoms with Crippen LogP contribution in [0.5, 0.6) is 0 Å². The third-order valence-electron chi connectivity index (χ3n) is 6.35. The molecule has 2 aromatic rings. The van der Waals surface area contributed by atoms with Crippen LogP contribution in [0.2, 0.25) is 0 Å². The van der Waals surface area contributed by atoms with Gasteiger partial charge in [0.05, 0.1) is 25.4 Å². The molecule has 0 aromatic heterocycles. The molecule has 0 radical (unpaired) electrons. The lowest BCUT2D eigenvalue weighted by Gasteiger charge is -2.16. The monoisotopic (exact) mass is 613 g/mol. The van der Waals surface area contributed by atoms with Crippen molar-refractivity contribution in [3.05, 3.63) is 94.6 Å². The molecule has 8 heteroatoms. The second-order valence-corrected chi connectivity index (χ2v) is 13.0. The van der Waals surface area contributed by atoms with Crippen LogP contribution >= 0.6 is 19.6 Å². The highest BCUT2D eigenvalue weighted by atomic mass is 32.2. The van der Waals surface area contributed by atoms with Crippen LogP contribution in [-0.4, -0.2) is 31.5 Å². The Balaban J connectivity index is 1.86. The van der Waals surface area contributed by atoms with Crippen molar-refractivity contribution in [2.75, 3.05) is 30.9 Å². The molecule has 0 unspecified atom stereocenters. The first-order chi connectivity index (χ1) is 20.2. The minimum atomic E-state index is -3.52. The van der Waals surface area contributed by atoms with E-state index in [1.54, 1.807) is 25.6 Å². The van der Waals surface area contributed by atoms with Crippen LogP contribution in [0.1, 0.15) is 83.1 Å². The number of anilines is 1. The molecule has 42 heavy (non-hydrogen) atoms. The van der Waals surface area contributed by atoms with E-state index in [4.69, 9.17) is 13.6 Å². The third-order valence-corrected chi connectivity index (χ3v) is 9.00. The van der Waals surface area contributed by atoms with E-state index < -0.39 is 7.82 Å². The van der Waals surface area contributed by atoms with Gasteiger partial charge in [-0.1, -0.05) is 59.2 Å². The van der Waals surface area contributed by atoms with Crippen molar-refractivity contribution in [2.24, 2.45) is 0 Å². The molecule has 0 aliphatic carbocycles. The fourth-order valence-electron chi connectivity index (χ4n) is 4.05. The number of carbonyl (C=O) groups is 1. The van der Waals surface area contributed by atoms with Crippen molar-refractivity contribution >= 4 is 31.2 Å². The van der Waals surface area contributed by atoms with Crippen LogP contribution < -0.4 is 5.32 Å². The summed E-state index contributed by atoms with van der Waals surface area (Å²) in [5.41, 5.74) is 6.54. The zero-order chi connectivity index (χ0) is 30.8. The highest BCUT2D eigenvalue weighted by Crippen LogP contribution is 2.49. The molecule has 0 fully saturated rings. The maximum absolute atomic E-state index is 13.1.